The lowest BCUT2D eigenvalue weighted by molar-refractivity contribution is -0.000456. The van der Waals surface area contributed by atoms with Crippen LogP contribution in [0.3, 0.4) is 0 Å². The zero-order valence-electron chi connectivity index (χ0n) is 11.0. The Balaban J connectivity index is 2.29. The van der Waals surface area contributed by atoms with Crippen molar-refractivity contribution in [3.63, 3.8) is 0 Å². The Morgan fingerprint density at radius 2 is 2.25 bits per heavy atom. The average Bonchev–Trinajstić information content (AvgIpc) is 2.28. The summed E-state index contributed by atoms with van der Waals surface area (Å²) in [6, 6.07) is 0.464. The first-order valence-electron chi connectivity index (χ1n) is 6.49. The third kappa shape index (κ3) is 4.04. The summed E-state index contributed by atoms with van der Waals surface area (Å²) in [5.74, 6) is 0. The lowest BCUT2D eigenvalue weighted by Crippen LogP contribution is -2.45. The fraction of sp³-hybridized carbons (Fsp3) is 1.00. The maximum absolute atomic E-state index is 10.1. The molecule has 96 valence electrons. The Labute approximate surface area is 99.6 Å². The van der Waals surface area contributed by atoms with Crippen molar-refractivity contribution in [2.24, 2.45) is 5.41 Å². The maximum Gasteiger partial charge on any atom is 0.0605 e. The van der Waals surface area contributed by atoms with Crippen molar-refractivity contribution in [2.75, 3.05) is 20.3 Å². The van der Waals surface area contributed by atoms with Crippen LogP contribution in [-0.4, -0.2) is 37.5 Å². The Kier molecular flexibility index (Phi) is 5.73. The van der Waals surface area contributed by atoms with Gasteiger partial charge in [0.1, 0.15) is 0 Å². The number of ether oxygens (including phenoxy) is 1. The summed E-state index contributed by atoms with van der Waals surface area (Å²) in [6.45, 7) is 6.09. The fourth-order valence-corrected chi connectivity index (χ4v) is 2.39. The molecule has 1 rings (SSSR count). The number of aliphatic hydroxyl groups is 1. The molecule has 0 aromatic carbocycles. The molecular formula is C13H27NO2. The van der Waals surface area contributed by atoms with E-state index in [-0.39, 0.29) is 11.5 Å². The van der Waals surface area contributed by atoms with Crippen LogP contribution in [0.4, 0.5) is 0 Å². The van der Waals surface area contributed by atoms with Crippen LogP contribution in [-0.2, 0) is 4.74 Å². The van der Waals surface area contributed by atoms with E-state index in [1.165, 1.54) is 12.8 Å². The monoisotopic (exact) mass is 229 g/mol. The van der Waals surface area contributed by atoms with Crippen LogP contribution >= 0.6 is 0 Å². The van der Waals surface area contributed by atoms with E-state index >= 15 is 0 Å². The SMILES string of the molecule is COCCC(C)NCC1(C)CCCCC1O. The molecule has 0 aliphatic heterocycles. The van der Waals surface area contributed by atoms with Crippen molar-refractivity contribution in [1.29, 1.82) is 0 Å². The Morgan fingerprint density at radius 1 is 1.50 bits per heavy atom. The van der Waals surface area contributed by atoms with Gasteiger partial charge in [0.15, 0.2) is 0 Å². The summed E-state index contributed by atoms with van der Waals surface area (Å²) >= 11 is 0. The molecule has 3 atom stereocenters. The number of rotatable bonds is 6. The zero-order chi connectivity index (χ0) is 12.0. The van der Waals surface area contributed by atoms with Gasteiger partial charge >= 0.3 is 0 Å². The van der Waals surface area contributed by atoms with Crippen LogP contribution in [0.15, 0.2) is 0 Å². The van der Waals surface area contributed by atoms with Gasteiger partial charge in [-0.1, -0.05) is 19.8 Å². The van der Waals surface area contributed by atoms with Crippen molar-refractivity contribution < 1.29 is 9.84 Å². The van der Waals surface area contributed by atoms with Crippen LogP contribution in [0.2, 0.25) is 0 Å². The second kappa shape index (κ2) is 6.58. The van der Waals surface area contributed by atoms with E-state index in [1.54, 1.807) is 7.11 Å². The van der Waals surface area contributed by atoms with Gasteiger partial charge in [0, 0.05) is 31.7 Å². The van der Waals surface area contributed by atoms with Gasteiger partial charge in [0.25, 0.3) is 0 Å². The molecule has 3 unspecified atom stereocenters. The first-order chi connectivity index (χ1) is 7.58. The first kappa shape index (κ1) is 13.9. The number of methoxy groups -OCH3 is 1. The van der Waals surface area contributed by atoms with E-state index in [1.807, 2.05) is 0 Å². The van der Waals surface area contributed by atoms with Gasteiger partial charge in [-0.15, -0.1) is 0 Å². The highest BCUT2D eigenvalue weighted by molar-refractivity contribution is 4.88. The highest BCUT2D eigenvalue weighted by atomic mass is 16.5. The van der Waals surface area contributed by atoms with E-state index in [0.29, 0.717) is 6.04 Å². The molecular weight excluding hydrogens is 202 g/mol. The highest BCUT2D eigenvalue weighted by Gasteiger charge is 2.35. The van der Waals surface area contributed by atoms with Gasteiger partial charge in [0.2, 0.25) is 0 Å². The van der Waals surface area contributed by atoms with Crippen LogP contribution in [0.25, 0.3) is 0 Å². The largest absolute Gasteiger partial charge is 0.393 e. The normalized spacial score (nSPS) is 32.6. The molecule has 0 amide bonds. The first-order valence-corrected chi connectivity index (χ1v) is 6.49. The summed E-state index contributed by atoms with van der Waals surface area (Å²) in [5, 5.41) is 13.6. The minimum atomic E-state index is -0.136. The van der Waals surface area contributed by atoms with Crippen LogP contribution in [0, 0.1) is 5.41 Å². The average molecular weight is 229 g/mol. The summed E-state index contributed by atoms with van der Waals surface area (Å²) in [4.78, 5) is 0. The van der Waals surface area contributed by atoms with E-state index in [4.69, 9.17) is 4.74 Å². The number of aliphatic hydroxyl groups excluding tert-OH is 1. The summed E-state index contributed by atoms with van der Waals surface area (Å²) in [6.07, 6.45) is 5.42. The third-order valence-electron chi connectivity index (χ3n) is 3.89. The molecule has 0 aromatic heterocycles. The lowest BCUT2D eigenvalue weighted by atomic mass is 9.73. The number of nitrogens with one attached hydrogen (secondary N) is 1. The van der Waals surface area contributed by atoms with Gasteiger partial charge in [-0.3, -0.25) is 0 Å². The van der Waals surface area contributed by atoms with Crippen LogP contribution in [0.5, 0.6) is 0 Å². The Morgan fingerprint density at radius 3 is 2.88 bits per heavy atom. The molecule has 0 heterocycles. The maximum atomic E-state index is 10.1. The molecule has 1 aliphatic rings. The smallest absolute Gasteiger partial charge is 0.0605 e. The van der Waals surface area contributed by atoms with Gasteiger partial charge in [-0.05, 0) is 26.2 Å². The van der Waals surface area contributed by atoms with Gasteiger partial charge < -0.3 is 15.2 Å². The van der Waals surface area contributed by atoms with E-state index < -0.39 is 0 Å². The topological polar surface area (TPSA) is 41.5 Å². The second-order valence-corrected chi connectivity index (χ2v) is 5.48. The molecule has 0 aromatic rings. The molecule has 1 fully saturated rings. The predicted molar refractivity (Wildman–Crippen MR) is 66.5 cm³/mol. The predicted octanol–water partition coefficient (Wildman–Crippen LogP) is 1.94. The molecule has 3 heteroatoms. The van der Waals surface area contributed by atoms with Crippen molar-refractivity contribution in [3.05, 3.63) is 0 Å². The molecule has 1 aliphatic carbocycles. The summed E-state index contributed by atoms with van der Waals surface area (Å²) in [5.41, 5.74) is 0.0690. The number of hydrogen-bond donors (Lipinski definition) is 2. The van der Waals surface area contributed by atoms with Gasteiger partial charge in [-0.2, -0.15) is 0 Å². The Bertz CT molecular complexity index is 198. The summed E-state index contributed by atoms with van der Waals surface area (Å²) < 4.78 is 5.06. The summed E-state index contributed by atoms with van der Waals surface area (Å²) in [7, 11) is 1.74. The standard InChI is InChI=1S/C13H27NO2/c1-11(7-9-16-3)14-10-13(2)8-5-4-6-12(13)15/h11-12,14-15H,4-10H2,1-3H3. The fourth-order valence-electron chi connectivity index (χ4n) is 2.39. The van der Waals surface area contributed by atoms with Crippen molar-refractivity contribution in [2.45, 2.75) is 58.1 Å². The molecule has 0 radical (unpaired) electrons. The van der Waals surface area contributed by atoms with Crippen molar-refractivity contribution >= 4 is 0 Å². The quantitative estimate of drug-likeness (QED) is 0.731. The zero-order valence-corrected chi connectivity index (χ0v) is 11.0. The second-order valence-electron chi connectivity index (χ2n) is 5.48. The lowest BCUT2D eigenvalue weighted by Gasteiger charge is -2.39. The van der Waals surface area contributed by atoms with Crippen molar-refractivity contribution in [3.8, 4) is 0 Å². The van der Waals surface area contributed by atoms with E-state index in [2.05, 4.69) is 19.2 Å². The van der Waals surface area contributed by atoms with Crippen molar-refractivity contribution in [1.82, 2.24) is 5.32 Å². The van der Waals surface area contributed by atoms with Crippen LogP contribution < -0.4 is 5.32 Å². The molecule has 1 saturated carbocycles. The third-order valence-corrected chi connectivity index (χ3v) is 3.89. The van der Waals surface area contributed by atoms with E-state index in [0.717, 1.165) is 32.4 Å². The minimum Gasteiger partial charge on any atom is -0.393 e. The molecule has 0 spiro atoms. The molecule has 16 heavy (non-hydrogen) atoms. The molecule has 3 nitrogen and oxygen atoms in total. The molecule has 0 saturated heterocycles. The van der Waals surface area contributed by atoms with Crippen LogP contribution in [0.1, 0.15) is 46.0 Å². The minimum absolute atomic E-state index is 0.0690. The van der Waals surface area contributed by atoms with Gasteiger partial charge in [0.05, 0.1) is 6.10 Å². The molecule has 0 bridgehead atoms. The number of hydrogen-bond acceptors (Lipinski definition) is 3. The van der Waals surface area contributed by atoms with E-state index in [9.17, 15) is 5.11 Å². The van der Waals surface area contributed by atoms with Gasteiger partial charge in [-0.25, -0.2) is 0 Å². The highest BCUT2D eigenvalue weighted by Crippen LogP contribution is 2.35. The molecule has 2 N–H and O–H groups in total. The Hall–Kier alpha value is -0.120.